The highest BCUT2D eigenvalue weighted by molar-refractivity contribution is 5.48. The highest BCUT2D eigenvalue weighted by Gasteiger charge is 2.24. The lowest BCUT2D eigenvalue weighted by molar-refractivity contribution is 0.256. The largest absolute Gasteiger partial charge is 0.372 e. The van der Waals surface area contributed by atoms with Gasteiger partial charge in [-0.05, 0) is 56.3 Å². The van der Waals surface area contributed by atoms with Gasteiger partial charge in [-0.1, -0.05) is 39.8 Å². The molecule has 1 rings (SSSR count). The van der Waals surface area contributed by atoms with E-state index in [0.29, 0.717) is 11.5 Å². The van der Waals surface area contributed by atoms with E-state index >= 15 is 0 Å². The van der Waals surface area contributed by atoms with Crippen LogP contribution in [0.2, 0.25) is 0 Å². The molecule has 0 fully saturated rings. The molecule has 0 aliphatic heterocycles. The predicted octanol–water partition coefficient (Wildman–Crippen LogP) is 4.63. The second-order valence-electron chi connectivity index (χ2n) is 7.08. The van der Waals surface area contributed by atoms with Crippen molar-refractivity contribution in [1.29, 1.82) is 0 Å². The van der Waals surface area contributed by atoms with E-state index in [1.165, 1.54) is 24.1 Å². The predicted molar refractivity (Wildman–Crippen MR) is 95.2 cm³/mol. The van der Waals surface area contributed by atoms with Crippen LogP contribution in [0.15, 0.2) is 24.3 Å². The molecule has 1 aromatic carbocycles. The normalized spacial score (nSPS) is 13.2. The lowest BCUT2D eigenvalue weighted by Crippen LogP contribution is -2.43. The SMILES string of the molecule is CCCNC(CCN(CC)c1cccc(C)c1)C(C)(C)C. The molecule has 1 N–H and O–H groups in total. The molecular formula is C19H34N2. The minimum atomic E-state index is 0.307. The summed E-state index contributed by atoms with van der Waals surface area (Å²) in [6.45, 7) is 16.9. The van der Waals surface area contributed by atoms with Crippen molar-refractivity contribution < 1.29 is 0 Å². The van der Waals surface area contributed by atoms with Gasteiger partial charge in [-0.2, -0.15) is 0 Å². The average Bonchev–Trinajstić information content (AvgIpc) is 2.41. The molecule has 0 bridgehead atoms. The fourth-order valence-corrected chi connectivity index (χ4v) is 2.74. The Kier molecular flexibility index (Phi) is 7.24. The number of rotatable bonds is 8. The molecule has 120 valence electrons. The topological polar surface area (TPSA) is 15.3 Å². The fraction of sp³-hybridized carbons (Fsp3) is 0.684. The number of nitrogens with zero attached hydrogens (tertiary/aromatic N) is 1. The van der Waals surface area contributed by atoms with Crippen LogP contribution in [0.25, 0.3) is 0 Å². The third kappa shape index (κ3) is 6.09. The molecule has 0 saturated heterocycles. The first-order chi connectivity index (χ1) is 9.88. The van der Waals surface area contributed by atoms with E-state index < -0.39 is 0 Å². The smallest absolute Gasteiger partial charge is 0.0368 e. The zero-order chi connectivity index (χ0) is 15.9. The van der Waals surface area contributed by atoms with Crippen molar-refractivity contribution in [1.82, 2.24) is 5.32 Å². The van der Waals surface area contributed by atoms with Gasteiger partial charge in [0.05, 0.1) is 0 Å². The monoisotopic (exact) mass is 290 g/mol. The van der Waals surface area contributed by atoms with Crippen molar-refractivity contribution in [3.05, 3.63) is 29.8 Å². The number of aryl methyl sites for hydroxylation is 1. The van der Waals surface area contributed by atoms with Crippen LogP contribution >= 0.6 is 0 Å². The van der Waals surface area contributed by atoms with Crippen LogP contribution in [0.3, 0.4) is 0 Å². The number of hydrogen-bond acceptors (Lipinski definition) is 2. The molecule has 0 aromatic heterocycles. The van der Waals surface area contributed by atoms with Crippen LogP contribution in [0.1, 0.15) is 53.0 Å². The molecule has 0 spiro atoms. The van der Waals surface area contributed by atoms with Crippen molar-refractivity contribution in [2.24, 2.45) is 5.41 Å². The molecule has 1 unspecified atom stereocenters. The quantitative estimate of drug-likeness (QED) is 0.751. The number of nitrogens with one attached hydrogen (secondary N) is 1. The Morgan fingerprint density at radius 1 is 1.19 bits per heavy atom. The van der Waals surface area contributed by atoms with E-state index in [1.54, 1.807) is 0 Å². The van der Waals surface area contributed by atoms with Crippen molar-refractivity contribution in [3.63, 3.8) is 0 Å². The Bertz CT molecular complexity index is 406. The van der Waals surface area contributed by atoms with Gasteiger partial charge in [0.1, 0.15) is 0 Å². The molecule has 0 amide bonds. The molecule has 21 heavy (non-hydrogen) atoms. The van der Waals surface area contributed by atoms with Crippen LogP contribution in [-0.4, -0.2) is 25.7 Å². The summed E-state index contributed by atoms with van der Waals surface area (Å²) in [7, 11) is 0. The van der Waals surface area contributed by atoms with Gasteiger partial charge < -0.3 is 10.2 Å². The molecule has 2 nitrogen and oxygen atoms in total. The fourth-order valence-electron chi connectivity index (χ4n) is 2.74. The second-order valence-corrected chi connectivity index (χ2v) is 7.08. The number of benzene rings is 1. The zero-order valence-electron chi connectivity index (χ0n) is 14.9. The highest BCUT2D eigenvalue weighted by atomic mass is 15.1. The maximum Gasteiger partial charge on any atom is 0.0368 e. The summed E-state index contributed by atoms with van der Waals surface area (Å²) in [6, 6.07) is 9.40. The summed E-state index contributed by atoms with van der Waals surface area (Å²) in [5, 5.41) is 3.72. The van der Waals surface area contributed by atoms with Crippen LogP contribution < -0.4 is 10.2 Å². The molecule has 0 aliphatic carbocycles. The van der Waals surface area contributed by atoms with E-state index in [9.17, 15) is 0 Å². The zero-order valence-corrected chi connectivity index (χ0v) is 14.9. The van der Waals surface area contributed by atoms with Crippen LogP contribution in [0, 0.1) is 12.3 Å². The molecule has 2 heteroatoms. The lowest BCUT2D eigenvalue weighted by atomic mass is 9.84. The van der Waals surface area contributed by atoms with Crippen LogP contribution in [0.4, 0.5) is 5.69 Å². The first-order valence-corrected chi connectivity index (χ1v) is 8.43. The summed E-state index contributed by atoms with van der Waals surface area (Å²) < 4.78 is 0. The highest BCUT2D eigenvalue weighted by Crippen LogP contribution is 2.23. The van der Waals surface area contributed by atoms with Crippen LogP contribution in [-0.2, 0) is 0 Å². The van der Waals surface area contributed by atoms with Crippen molar-refractivity contribution in [2.45, 2.75) is 60.4 Å². The average molecular weight is 290 g/mol. The lowest BCUT2D eigenvalue weighted by Gasteiger charge is -2.34. The van der Waals surface area contributed by atoms with Gasteiger partial charge in [-0.25, -0.2) is 0 Å². The molecule has 1 aromatic rings. The summed E-state index contributed by atoms with van der Waals surface area (Å²) in [4.78, 5) is 2.49. The first-order valence-electron chi connectivity index (χ1n) is 8.43. The third-order valence-electron chi connectivity index (χ3n) is 4.12. The van der Waals surface area contributed by atoms with E-state index in [2.05, 4.69) is 76.0 Å². The van der Waals surface area contributed by atoms with Crippen molar-refractivity contribution >= 4 is 5.69 Å². The Balaban J connectivity index is 2.67. The van der Waals surface area contributed by atoms with Gasteiger partial charge >= 0.3 is 0 Å². The van der Waals surface area contributed by atoms with Gasteiger partial charge in [-0.15, -0.1) is 0 Å². The summed E-state index contributed by atoms with van der Waals surface area (Å²) in [6.07, 6.45) is 2.38. The molecule has 0 saturated carbocycles. The van der Waals surface area contributed by atoms with Gasteiger partial charge in [0.15, 0.2) is 0 Å². The summed E-state index contributed by atoms with van der Waals surface area (Å²) >= 11 is 0. The van der Waals surface area contributed by atoms with Gasteiger partial charge in [0, 0.05) is 24.8 Å². The minimum Gasteiger partial charge on any atom is -0.372 e. The van der Waals surface area contributed by atoms with Crippen LogP contribution in [0.5, 0.6) is 0 Å². The summed E-state index contributed by atoms with van der Waals surface area (Å²) in [5.74, 6) is 0. The number of hydrogen-bond donors (Lipinski definition) is 1. The third-order valence-corrected chi connectivity index (χ3v) is 4.12. The molecular weight excluding hydrogens is 256 g/mol. The van der Waals surface area contributed by atoms with E-state index in [-0.39, 0.29) is 0 Å². The van der Waals surface area contributed by atoms with E-state index in [0.717, 1.165) is 19.6 Å². The second kappa shape index (κ2) is 8.43. The Hall–Kier alpha value is -1.02. The maximum absolute atomic E-state index is 3.72. The standard InChI is InChI=1S/C19H34N2/c1-7-13-20-18(19(4,5)6)12-14-21(8-2)17-11-9-10-16(3)15-17/h9-11,15,18,20H,7-8,12-14H2,1-6H3. The van der Waals surface area contributed by atoms with Crippen molar-refractivity contribution in [2.75, 3.05) is 24.5 Å². The molecule has 0 aliphatic rings. The van der Waals surface area contributed by atoms with Gasteiger partial charge in [0.25, 0.3) is 0 Å². The van der Waals surface area contributed by atoms with Gasteiger partial charge in [0.2, 0.25) is 0 Å². The minimum absolute atomic E-state index is 0.307. The first kappa shape index (κ1) is 18.0. The summed E-state index contributed by atoms with van der Waals surface area (Å²) in [5.41, 5.74) is 2.99. The van der Waals surface area contributed by atoms with E-state index in [4.69, 9.17) is 0 Å². The molecule has 0 heterocycles. The Morgan fingerprint density at radius 2 is 1.90 bits per heavy atom. The Morgan fingerprint density at radius 3 is 2.43 bits per heavy atom. The Labute approximate surface area is 131 Å². The maximum atomic E-state index is 3.72. The molecule has 0 radical (unpaired) electrons. The molecule has 1 atom stereocenters. The van der Waals surface area contributed by atoms with Crippen molar-refractivity contribution in [3.8, 4) is 0 Å². The van der Waals surface area contributed by atoms with E-state index in [1.807, 2.05) is 0 Å². The number of anilines is 1. The van der Waals surface area contributed by atoms with Gasteiger partial charge in [-0.3, -0.25) is 0 Å².